The third-order valence-electron chi connectivity index (χ3n) is 4.72. The van der Waals surface area contributed by atoms with Gasteiger partial charge in [0, 0.05) is 13.1 Å². The number of piperidine rings is 1. The number of halogens is 4. The first-order chi connectivity index (χ1) is 14.3. The average Bonchev–Trinajstić information content (AvgIpc) is 2.94. The van der Waals surface area contributed by atoms with Crippen molar-refractivity contribution in [1.29, 1.82) is 0 Å². The standard InChI is InChI=1S/C19H18Cl4N2O6/c1-19(2,3)30-18(29)24-6-4-8(5-7-24)17(28)31-25-15(26)9-10(16(25)27)12(21)14(23)13(22)11(9)20/h8H,4-7H2,1-3H3. The fourth-order valence-electron chi connectivity index (χ4n) is 3.20. The van der Waals surface area contributed by atoms with E-state index in [0.29, 0.717) is 5.06 Å². The highest BCUT2D eigenvalue weighted by atomic mass is 35.5. The predicted octanol–water partition coefficient (Wildman–Crippen LogP) is 5.00. The van der Waals surface area contributed by atoms with Gasteiger partial charge in [-0.3, -0.25) is 9.59 Å². The Kier molecular flexibility index (Phi) is 6.68. The molecule has 0 unspecified atom stereocenters. The van der Waals surface area contributed by atoms with Gasteiger partial charge in [-0.05, 0) is 33.6 Å². The third kappa shape index (κ3) is 4.58. The number of carbonyl (C=O) groups is 4. The first kappa shape index (κ1) is 23.9. The Labute approximate surface area is 198 Å². The van der Waals surface area contributed by atoms with Crippen LogP contribution < -0.4 is 0 Å². The summed E-state index contributed by atoms with van der Waals surface area (Å²) in [6, 6.07) is 0. The van der Waals surface area contributed by atoms with Crippen molar-refractivity contribution in [2.75, 3.05) is 13.1 Å². The minimum absolute atomic E-state index is 0.184. The summed E-state index contributed by atoms with van der Waals surface area (Å²) in [6.45, 7) is 5.81. The smallest absolute Gasteiger partial charge is 0.410 e. The van der Waals surface area contributed by atoms with Crippen molar-refractivity contribution >= 4 is 70.3 Å². The molecule has 8 nitrogen and oxygen atoms in total. The van der Waals surface area contributed by atoms with Gasteiger partial charge in [-0.15, -0.1) is 0 Å². The number of fused-ring (bicyclic) bond motifs is 1. The second-order valence-electron chi connectivity index (χ2n) is 8.06. The Hall–Kier alpha value is -1.74. The molecule has 0 N–H and O–H groups in total. The molecule has 168 valence electrons. The Morgan fingerprint density at radius 3 is 1.74 bits per heavy atom. The molecule has 1 aromatic carbocycles. The summed E-state index contributed by atoms with van der Waals surface area (Å²) in [5.74, 6) is -3.35. The molecular formula is C19H18Cl4N2O6. The molecule has 2 aliphatic heterocycles. The lowest BCUT2D eigenvalue weighted by Gasteiger charge is -2.32. The van der Waals surface area contributed by atoms with Crippen LogP contribution in [-0.4, -0.2) is 52.5 Å². The van der Waals surface area contributed by atoms with Gasteiger partial charge in [0.2, 0.25) is 0 Å². The minimum atomic E-state index is -0.968. The number of ether oxygens (including phenoxy) is 1. The molecular weight excluding hydrogens is 494 g/mol. The molecule has 3 rings (SSSR count). The summed E-state index contributed by atoms with van der Waals surface area (Å²) < 4.78 is 5.31. The quantitative estimate of drug-likeness (QED) is 0.315. The second kappa shape index (κ2) is 8.65. The second-order valence-corrected chi connectivity index (χ2v) is 9.57. The number of amides is 3. The van der Waals surface area contributed by atoms with Crippen LogP contribution in [0.4, 0.5) is 4.79 Å². The summed E-state index contributed by atoms with van der Waals surface area (Å²) >= 11 is 24.0. The molecule has 1 aromatic rings. The van der Waals surface area contributed by atoms with E-state index in [0.717, 1.165) is 0 Å². The van der Waals surface area contributed by atoms with Crippen LogP contribution in [0.1, 0.15) is 54.3 Å². The zero-order chi connectivity index (χ0) is 23.2. The molecule has 1 saturated heterocycles. The largest absolute Gasteiger partial charge is 0.444 e. The number of hydrogen-bond donors (Lipinski definition) is 0. The summed E-state index contributed by atoms with van der Waals surface area (Å²) in [7, 11) is 0. The van der Waals surface area contributed by atoms with E-state index in [2.05, 4.69) is 0 Å². The maximum Gasteiger partial charge on any atom is 0.410 e. The monoisotopic (exact) mass is 510 g/mol. The van der Waals surface area contributed by atoms with E-state index in [4.69, 9.17) is 56.0 Å². The van der Waals surface area contributed by atoms with Crippen LogP contribution in [0, 0.1) is 5.92 Å². The number of imide groups is 1. The lowest BCUT2D eigenvalue weighted by Crippen LogP contribution is -2.44. The van der Waals surface area contributed by atoms with E-state index < -0.39 is 35.4 Å². The van der Waals surface area contributed by atoms with Crippen molar-refractivity contribution in [3.8, 4) is 0 Å². The first-order valence-corrected chi connectivity index (χ1v) is 10.8. The van der Waals surface area contributed by atoms with Gasteiger partial charge in [-0.1, -0.05) is 51.5 Å². The molecule has 0 atom stereocenters. The van der Waals surface area contributed by atoms with Crippen molar-refractivity contribution in [2.45, 2.75) is 39.2 Å². The van der Waals surface area contributed by atoms with Crippen LogP contribution in [0.3, 0.4) is 0 Å². The van der Waals surface area contributed by atoms with E-state index in [1.807, 2.05) is 0 Å². The van der Waals surface area contributed by atoms with Gasteiger partial charge in [0.15, 0.2) is 0 Å². The number of hydroxylamine groups is 2. The summed E-state index contributed by atoms with van der Waals surface area (Å²) in [5.41, 5.74) is -1.19. The van der Waals surface area contributed by atoms with Gasteiger partial charge in [0.25, 0.3) is 11.8 Å². The van der Waals surface area contributed by atoms with E-state index >= 15 is 0 Å². The minimum Gasteiger partial charge on any atom is -0.444 e. The molecule has 0 bridgehead atoms. The molecule has 0 radical (unpaired) electrons. The number of hydrogen-bond acceptors (Lipinski definition) is 6. The van der Waals surface area contributed by atoms with E-state index in [1.165, 1.54) is 4.90 Å². The van der Waals surface area contributed by atoms with Gasteiger partial charge in [-0.25, -0.2) is 9.59 Å². The fourth-order valence-corrected chi connectivity index (χ4v) is 4.21. The number of nitrogens with zero attached hydrogens (tertiary/aromatic N) is 2. The molecule has 0 aliphatic carbocycles. The number of likely N-dealkylation sites (tertiary alicyclic amines) is 1. The highest BCUT2D eigenvalue weighted by molar-refractivity contribution is 6.55. The van der Waals surface area contributed by atoms with Crippen LogP contribution in [0.15, 0.2) is 0 Å². The highest BCUT2D eigenvalue weighted by Crippen LogP contribution is 2.45. The van der Waals surface area contributed by atoms with Gasteiger partial charge in [0.05, 0.1) is 37.1 Å². The van der Waals surface area contributed by atoms with Gasteiger partial charge in [0.1, 0.15) is 5.60 Å². The van der Waals surface area contributed by atoms with Gasteiger partial charge < -0.3 is 14.5 Å². The number of carbonyl (C=O) groups excluding carboxylic acids is 4. The molecule has 2 aliphatic rings. The lowest BCUT2D eigenvalue weighted by atomic mass is 9.97. The van der Waals surface area contributed by atoms with Crippen molar-refractivity contribution in [1.82, 2.24) is 9.96 Å². The van der Waals surface area contributed by atoms with Crippen molar-refractivity contribution < 1.29 is 28.8 Å². The average molecular weight is 512 g/mol. The normalized spacial score (nSPS) is 17.1. The van der Waals surface area contributed by atoms with Crippen molar-refractivity contribution in [3.05, 3.63) is 31.2 Å². The third-order valence-corrected chi connectivity index (χ3v) is 6.53. The summed E-state index contributed by atoms with van der Waals surface area (Å²) in [5, 5.41) is -0.577. The van der Waals surface area contributed by atoms with Crippen LogP contribution in [0.2, 0.25) is 20.1 Å². The van der Waals surface area contributed by atoms with Crippen LogP contribution in [-0.2, 0) is 14.4 Å². The van der Waals surface area contributed by atoms with Gasteiger partial charge in [-0.2, -0.15) is 0 Å². The molecule has 0 saturated carbocycles. The molecule has 0 spiro atoms. The maximum atomic E-state index is 12.6. The topological polar surface area (TPSA) is 93.2 Å². The number of benzene rings is 1. The SMILES string of the molecule is CC(C)(C)OC(=O)N1CCC(C(=O)ON2C(=O)c3c(Cl)c(Cl)c(Cl)c(Cl)c3C2=O)CC1. The summed E-state index contributed by atoms with van der Waals surface area (Å²) in [6.07, 6.45) is 0.0820. The first-order valence-electron chi connectivity index (χ1n) is 9.28. The van der Waals surface area contributed by atoms with Crippen LogP contribution in [0.5, 0.6) is 0 Å². The Morgan fingerprint density at radius 1 is 0.871 bits per heavy atom. The maximum absolute atomic E-state index is 12.6. The highest BCUT2D eigenvalue weighted by Gasteiger charge is 2.45. The van der Waals surface area contributed by atoms with Crippen molar-refractivity contribution in [3.63, 3.8) is 0 Å². The molecule has 3 amide bonds. The molecule has 2 heterocycles. The number of rotatable bonds is 2. The fraction of sp³-hybridized carbons (Fsp3) is 0.474. The summed E-state index contributed by atoms with van der Waals surface area (Å²) in [4.78, 5) is 56.6. The van der Waals surface area contributed by atoms with Crippen LogP contribution >= 0.6 is 46.4 Å². The Balaban J connectivity index is 1.68. The molecule has 31 heavy (non-hydrogen) atoms. The van der Waals surface area contributed by atoms with E-state index in [9.17, 15) is 19.2 Å². The van der Waals surface area contributed by atoms with Crippen LogP contribution in [0.25, 0.3) is 0 Å². The predicted molar refractivity (Wildman–Crippen MR) is 114 cm³/mol. The lowest BCUT2D eigenvalue weighted by molar-refractivity contribution is -0.175. The zero-order valence-corrected chi connectivity index (χ0v) is 19.8. The zero-order valence-electron chi connectivity index (χ0n) is 16.8. The van der Waals surface area contributed by atoms with Crippen molar-refractivity contribution in [2.24, 2.45) is 5.92 Å². The van der Waals surface area contributed by atoms with E-state index in [-0.39, 0.29) is 57.1 Å². The molecule has 1 fully saturated rings. The Morgan fingerprint density at radius 2 is 1.32 bits per heavy atom. The molecule has 0 aromatic heterocycles. The van der Waals surface area contributed by atoms with E-state index in [1.54, 1.807) is 20.8 Å². The van der Waals surface area contributed by atoms with Gasteiger partial charge >= 0.3 is 12.1 Å². The Bertz CT molecular complexity index is 936. The molecule has 12 heteroatoms.